The van der Waals surface area contributed by atoms with Crippen molar-refractivity contribution in [2.24, 2.45) is 5.92 Å². The summed E-state index contributed by atoms with van der Waals surface area (Å²) in [5.41, 5.74) is -3.61. The monoisotopic (exact) mass is 362 g/mol. The Morgan fingerprint density at radius 2 is 1.52 bits per heavy atom. The average Bonchev–Trinajstić information content (AvgIpc) is 2.30. The van der Waals surface area contributed by atoms with Gasteiger partial charge in [0.05, 0.1) is 5.92 Å². The fourth-order valence-corrected chi connectivity index (χ4v) is 6.76. The van der Waals surface area contributed by atoms with Crippen LogP contribution < -0.4 is 0 Å². The lowest BCUT2D eigenvalue weighted by atomic mass is 9.60. The van der Waals surface area contributed by atoms with E-state index in [0.717, 1.165) is 11.8 Å². The number of halogens is 6. The molecule has 3 aliphatic rings. The smallest absolute Gasteiger partial charge is 0.380 e. The van der Waals surface area contributed by atoms with E-state index in [9.17, 15) is 36.2 Å². The molecule has 0 bridgehead atoms. The molecule has 2 aliphatic carbocycles. The number of ketones is 1. The van der Waals surface area contributed by atoms with Crippen LogP contribution in [0.1, 0.15) is 44.9 Å². The van der Waals surface area contributed by atoms with Crippen molar-refractivity contribution in [2.75, 3.05) is 0 Å². The van der Waals surface area contributed by atoms with E-state index in [1.807, 2.05) is 0 Å². The van der Waals surface area contributed by atoms with E-state index in [-0.39, 0.29) is 12.8 Å². The highest BCUT2D eigenvalue weighted by atomic mass is 32.2. The Morgan fingerprint density at radius 3 is 1.83 bits per heavy atom. The van der Waals surface area contributed by atoms with Gasteiger partial charge in [-0.2, -0.15) is 26.3 Å². The molecule has 1 N–H and O–H groups in total. The zero-order valence-electron chi connectivity index (χ0n) is 12.1. The number of rotatable bonds is 1. The maximum absolute atomic E-state index is 13.6. The molecule has 2 atom stereocenters. The first-order valence-electron chi connectivity index (χ1n) is 7.46. The second-order valence-corrected chi connectivity index (χ2v) is 8.83. The van der Waals surface area contributed by atoms with Gasteiger partial charge in [-0.1, -0.05) is 12.8 Å². The summed E-state index contributed by atoms with van der Waals surface area (Å²) in [6.07, 6.45) is -9.26. The third-order valence-electron chi connectivity index (χ3n) is 5.51. The molecule has 1 heterocycles. The van der Waals surface area contributed by atoms with Crippen molar-refractivity contribution in [3.63, 3.8) is 0 Å². The molecule has 1 saturated heterocycles. The summed E-state index contributed by atoms with van der Waals surface area (Å²) in [6, 6.07) is 0. The van der Waals surface area contributed by atoms with Crippen molar-refractivity contribution in [1.82, 2.24) is 0 Å². The number of alkyl halides is 6. The highest BCUT2D eigenvalue weighted by Gasteiger charge is 2.76. The van der Waals surface area contributed by atoms with Crippen molar-refractivity contribution in [1.29, 1.82) is 0 Å². The Labute approximate surface area is 133 Å². The summed E-state index contributed by atoms with van der Waals surface area (Å²) in [5.74, 6) is -4.92. The van der Waals surface area contributed by atoms with Crippen LogP contribution in [-0.2, 0) is 4.79 Å². The van der Waals surface area contributed by atoms with Gasteiger partial charge in [-0.25, -0.2) is 0 Å². The fourth-order valence-electron chi connectivity index (χ4n) is 4.20. The Balaban J connectivity index is 2.09. The molecule has 0 amide bonds. The fraction of sp³-hybridized carbons (Fsp3) is 0.929. The summed E-state index contributed by atoms with van der Waals surface area (Å²) in [4.78, 5) is 11.8. The second kappa shape index (κ2) is 4.80. The quantitative estimate of drug-likeness (QED) is 0.716. The van der Waals surface area contributed by atoms with Crippen molar-refractivity contribution < 1.29 is 36.2 Å². The molecule has 23 heavy (non-hydrogen) atoms. The number of aliphatic hydroxyl groups is 1. The molecule has 132 valence electrons. The Bertz CT molecular complexity index is 520. The molecule has 3 fully saturated rings. The van der Waals surface area contributed by atoms with E-state index in [1.165, 1.54) is 0 Å². The number of carbonyl (C=O) groups excluding carboxylic acids is 1. The van der Waals surface area contributed by atoms with Crippen LogP contribution in [0.2, 0.25) is 0 Å². The predicted molar refractivity (Wildman–Crippen MR) is 70.9 cm³/mol. The Morgan fingerprint density at radius 1 is 1.00 bits per heavy atom. The Kier molecular flexibility index (Phi) is 3.63. The van der Waals surface area contributed by atoms with Crippen molar-refractivity contribution in [3.8, 4) is 0 Å². The first-order chi connectivity index (χ1) is 10.4. The van der Waals surface area contributed by atoms with E-state index >= 15 is 0 Å². The summed E-state index contributed by atoms with van der Waals surface area (Å²) >= 11 is 1.10. The maximum Gasteiger partial charge on any atom is 0.450 e. The zero-order chi connectivity index (χ0) is 17.3. The SMILES string of the molecule is O=C([C@H]1C2(CCC2)SC2(CCC2)C[C@@]1(O)C(F)(F)F)C(F)(F)F. The molecular weight excluding hydrogens is 346 g/mol. The molecule has 0 aromatic carbocycles. The lowest BCUT2D eigenvalue weighted by Gasteiger charge is -2.63. The third kappa shape index (κ3) is 2.41. The van der Waals surface area contributed by atoms with Gasteiger partial charge in [0.15, 0.2) is 5.60 Å². The molecule has 0 aromatic heterocycles. The minimum atomic E-state index is -5.39. The number of Topliss-reactive ketones (excluding diaryl/α,β-unsaturated/α-hetero) is 1. The molecule has 9 heteroatoms. The molecule has 3 rings (SSSR count). The van der Waals surface area contributed by atoms with Gasteiger partial charge in [-0.15, -0.1) is 11.8 Å². The highest BCUT2D eigenvalue weighted by Crippen LogP contribution is 2.70. The van der Waals surface area contributed by atoms with Crippen LogP contribution in [0.5, 0.6) is 0 Å². The van der Waals surface area contributed by atoms with Gasteiger partial charge >= 0.3 is 12.4 Å². The largest absolute Gasteiger partial charge is 0.450 e. The number of thioether (sulfide) groups is 1. The molecule has 0 unspecified atom stereocenters. The van der Waals surface area contributed by atoms with E-state index < -0.39 is 45.6 Å². The van der Waals surface area contributed by atoms with E-state index in [0.29, 0.717) is 25.7 Å². The first kappa shape index (κ1) is 17.4. The lowest BCUT2D eigenvalue weighted by Crippen LogP contribution is -2.71. The number of carbonyl (C=O) groups is 1. The number of hydrogen-bond acceptors (Lipinski definition) is 3. The molecule has 1 aliphatic heterocycles. The average molecular weight is 362 g/mol. The van der Waals surface area contributed by atoms with Gasteiger partial charge in [0.1, 0.15) is 0 Å². The van der Waals surface area contributed by atoms with Gasteiger partial charge in [0.25, 0.3) is 0 Å². The molecule has 0 radical (unpaired) electrons. The molecule has 2 saturated carbocycles. The van der Waals surface area contributed by atoms with Crippen LogP contribution in [-0.4, -0.2) is 38.3 Å². The first-order valence-corrected chi connectivity index (χ1v) is 8.27. The van der Waals surface area contributed by atoms with Gasteiger partial charge in [-0.05, 0) is 25.7 Å². The van der Waals surface area contributed by atoms with Gasteiger partial charge in [-0.3, -0.25) is 4.79 Å². The van der Waals surface area contributed by atoms with Gasteiger partial charge < -0.3 is 5.11 Å². The summed E-state index contributed by atoms with van der Waals surface area (Å²) in [5, 5.41) is 10.3. The van der Waals surface area contributed by atoms with Crippen LogP contribution in [0, 0.1) is 5.92 Å². The van der Waals surface area contributed by atoms with Gasteiger partial charge in [0, 0.05) is 15.9 Å². The second-order valence-electron chi connectivity index (χ2n) is 6.95. The van der Waals surface area contributed by atoms with Crippen LogP contribution in [0.25, 0.3) is 0 Å². The van der Waals surface area contributed by atoms with Crippen molar-refractivity contribution in [3.05, 3.63) is 0 Å². The highest BCUT2D eigenvalue weighted by molar-refractivity contribution is 8.02. The van der Waals surface area contributed by atoms with Crippen LogP contribution in [0.15, 0.2) is 0 Å². The van der Waals surface area contributed by atoms with Crippen LogP contribution in [0.3, 0.4) is 0 Å². The van der Waals surface area contributed by atoms with E-state index in [2.05, 4.69) is 0 Å². The molecular formula is C14H16F6O2S. The van der Waals surface area contributed by atoms with Gasteiger partial charge in [0.2, 0.25) is 5.78 Å². The molecule has 2 spiro atoms. The van der Waals surface area contributed by atoms with Crippen LogP contribution in [0.4, 0.5) is 26.3 Å². The normalized spacial score (nSPS) is 35.7. The van der Waals surface area contributed by atoms with Crippen LogP contribution >= 0.6 is 11.8 Å². The standard InChI is InChI=1S/C14H16F6O2S/c15-13(16,17)9(21)8-11(5-2-6-11)23-10(3-1-4-10)7-12(8,22)14(18,19)20/h8,22H,1-7H2/t8-,12-/m0/s1. The summed E-state index contributed by atoms with van der Waals surface area (Å²) < 4.78 is 77.1. The molecule has 0 aromatic rings. The van der Waals surface area contributed by atoms with E-state index in [1.54, 1.807) is 0 Å². The molecule has 2 nitrogen and oxygen atoms in total. The predicted octanol–water partition coefficient (Wildman–Crippen LogP) is 4.01. The minimum Gasteiger partial charge on any atom is -0.380 e. The zero-order valence-corrected chi connectivity index (χ0v) is 12.9. The summed E-state index contributed by atoms with van der Waals surface area (Å²) in [6.45, 7) is 0. The summed E-state index contributed by atoms with van der Waals surface area (Å²) in [7, 11) is 0. The maximum atomic E-state index is 13.6. The Hall–Kier alpha value is -0.440. The third-order valence-corrected chi connectivity index (χ3v) is 7.55. The topological polar surface area (TPSA) is 37.3 Å². The minimum absolute atomic E-state index is 0.101. The van der Waals surface area contributed by atoms with E-state index in [4.69, 9.17) is 0 Å². The lowest BCUT2D eigenvalue weighted by molar-refractivity contribution is -0.294. The van der Waals surface area contributed by atoms with Crippen molar-refractivity contribution >= 4 is 17.5 Å². The van der Waals surface area contributed by atoms with Crippen molar-refractivity contribution in [2.45, 2.75) is 72.4 Å². The number of hydrogen-bond donors (Lipinski definition) is 1.